The minimum Gasteiger partial charge on any atom is -0.324 e. The van der Waals surface area contributed by atoms with Gasteiger partial charge in [-0.1, -0.05) is 56.3 Å². The number of carbonyl (C=O) groups excluding carboxylic acids is 2. The molecule has 23 heavy (non-hydrogen) atoms. The van der Waals surface area contributed by atoms with Gasteiger partial charge in [0.15, 0.2) is 5.78 Å². The maximum Gasteiger partial charge on any atom is 0.238 e. The van der Waals surface area contributed by atoms with Crippen molar-refractivity contribution in [3.05, 3.63) is 65.7 Å². The molecule has 0 radical (unpaired) electrons. The van der Waals surface area contributed by atoms with Gasteiger partial charge in [0.25, 0.3) is 0 Å². The Bertz CT molecular complexity index is 664. The number of ketones is 1. The van der Waals surface area contributed by atoms with E-state index in [9.17, 15) is 9.59 Å². The molecule has 0 aromatic heterocycles. The number of likely N-dealkylation sites (N-methyl/N-ethyl adjacent to an activating group) is 1. The quantitative estimate of drug-likeness (QED) is 0.799. The highest BCUT2D eigenvalue weighted by molar-refractivity contribution is 6.13. The number of amides is 1. The van der Waals surface area contributed by atoms with Crippen molar-refractivity contribution in [1.29, 1.82) is 0 Å². The van der Waals surface area contributed by atoms with Crippen molar-refractivity contribution >= 4 is 17.4 Å². The third-order valence-electron chi connectivity index (χ3n) is 3.74. The summed E-state index contributed by atoms with van der Waals surface area (Å²) < 4.78 is 0. The Morgan fingerprint density at radius 1 is 0.913 bits per heavy atom. The number of anilines is 1. The molecule has 4 heteroatoms. The van der Waals surface area contributed by atoms with Gasteiger partial charge < -0.3 is 5.32 Å². The van der Waals surface area contributed by atoms with Crippen LogP contribution in [-0.4, -0.2) is 36.2 Å². The number of benzene rings is 2. The summed E-state index contributed by atoms with van der Waals surface area (Å²) in [5.41, 5.74) is 1.67. The molecule has 0 saturated carbocycles. The lowest BCUT2D eigenvalue weighted by Crippen LogP contribution is -2.33. The molecule has 0 atom stereocenters. The second kappa shape index (κ2) is 8.25. The summed E-state index contributed by atoms with van der Waals surface area (Å²) >= 11 is 0. The van der Waals surface area contributed by atoms with E-state index < -0.39 is 0 Å². The molecule has 0 aliphatic rings. The van der Waals surface area contributed by atoms with Gasteiger partial charge in [-0.3, -0.25) is 14.5 Å². The Morgan fingerprint density at radius 3 is 2.17 bits per heavy atom. The van der Waals surface area contributed by atoms with Gasteiger partial charge in [-0.2, -0.15) is 0 Å². The Hall–Kier alpha value is -2.46. The summed E-state index contributed by atoms with van der Waals surface area (Å²) in [6.45, 7) is 5.98. The van der Waals surface area contributed by atoms with E-state index in [1.54, 1.807) is 30.3 Å². The summed E-state index contributed by atoms with van der Waals surface area (Å²) in [7, 11) is 0. The molecule has 1 amide bonds. The molecule has 0 spiro atoms. The van der Waals surface area contributed by atoms with Crippen LogP contribution in [0.1, 0.15) is 29.8 Å². The number of nitrogens with zero attached hydrogens (tertiary/aromatic N) is 1. The van der Waals surface area contributed by atoms with Crippen LogP contribution in [0.5, 0.6) is 0 Å². The third kappa shape index (κ3) is 4.50. The summed E-state index contributed by atoms with van der Waals surface area (Å²) in [5.74, 6) is -0.202. The number of nitrogens with one attached hydrogen (secondary N) is 1. The van der Waals surface area contributed by atoms with E-state index in [0.717, 1.165) is 13.1 Å². The van der Waals surface area contributed by atoms with E-state index in [-0.39, 0.29) is 11.7 Å². The van der Waals surface area contributed by atoms with E-state index >= 15 is 0 Å². The van der Waals surface area contributed by atoms with Crippen molar-refractivity contribution in [2.75, 3.05) is 25.0 Å². The lowest BCUT2D eigenvalue weighted by atomic mass is 10.0. The topological polar surface area (TPSA) is 49.4 Å². The first-order chi connectivity index (χ1) is 11.2. The predicted molar refractivity (Wildman–Crippen MR) is 92.7 cm³/mol. The fraction of sp³-hybridized carbons (Fsp3) is 0.263. The van der Waals surface area contributed by atoms with Crippen LogP contribution in [0.25, 0.3) is 0 Å². The van der Waals surface area contributed by atoms with Gasteiger partial charge in [0, 0.05) is 11.1 Å². The second-order valence-electron chi connectivity index (χ2n) is 5.25. The largest absolute Gasteiger partial charge is 0.324 e. The SMILES string of the molecule is CCN(CC)CC(=O)Nc1ccccc1C(=O)c1ccccc1. The number of carbonyl (C=O) groups is 2. The number of rotatable bonds is 7. The molecule has 2 aromatic rings. The van der Waals surface area contributed by atoms with Crippen molar-refractivity contribution in [2.45, 2.75) is 13.8 Å². The Morgan fingerprint density at radius 2 is 1.52 bits per heavy atom. The first-order valence-electron chi connectivity index (χ1n) is 7.86. The molecule has 0 unspecified atom stereocenters. The van der Waals surface area contributed by atoms with Crippen molar-refractivity contribution < 1.29 is 9.59 Å². The van der Waals surface area contributed by atoms with Crippen LogP contribution in [0, 0.1) is 0 Å². The van der Waals surface area contributed by atoms with Crippen LogP contribution < -0.4 is 5.32 Å². The predicted octanol–water partition coefficient (Wildman–Crippen LogP) is 3.20. The summed E-state index contributed by atoms with van der Waals surface area (Å²) in [4.78, 5) is 26.8. The molecule has 120 valence electrons. The molecule has 2 rings (SSSR count). The average molecular weight is 310 g/mol. The van der Waals surface area contributed by atoms with Crippen LogP contribution in [0.15, 0.2) is 54.6 Å². The minimum atomic E-state index is -0.109. The Labute approximate surface area is 137 Å². The number of hydrogen-bond acceptors (Lipinski definition) is 3. The smallest absolute Gasteiger partial charge is 0.238 e. The first kappa shape index (κ1) is 16.9. The molecule has 0 bridgehead atoms. The fourth-order valence-electron chi connectivity index (χ4n) is 2.38. The molecule has 2 aromatic carbocycles. The highest BCUT2D eigenvalue weighted by Gasteiger charge is 2.15. The van der Waals surface area contributed by atoms with Crippen molar-refractivity contribution in [3.63, 3.8) is 0 Å². The van der Waals surface area contributed by atoms with Gasteiger partial charge in [-0.15, -0.1) is 0 Å². The van der Waals surface area contributed by atoms with E-state index in [2.05, 4.69) is 5.32 Å². The van der Waals surface area contributed by atoms with Crippen LogP contribution in [0.3, 0.4) is 0 Å². The normalized spacial score (nSPS) is 10.6. The highest BCUT2D eigenvalue weighted by Crippen LogP contribution is 2.19. The van der Waals surface area contributed by atoms with Crippen molar-refractivity contribution in [3.8, 4) is 0 Å². The fourth-order valence-corrected chi connectivity index (χ4v) is 2.38. The van der Waals surface area contributed by atoms with Gasteiger partial charge in [0.05, 0.1) is 12.2 Å². The monoisotopic (exact) mass is 310 g/mol. The zero-order valence-electron chi connectivity index (χ0n) is 13.6. The van der Waals surface area contributed by atoms with E-state index in [1.165, 1.54) is 0 Å². The zero-order valence-corrected chi connectivity index (χ0v) is 13.6. The van der Waals surface area contributed by atoms with Gasteiger partial charge in [-0.25, -0.2) is 0 Å². The van der Waals surface area contributed by atoms with E-state index in [4.69, 9.17) is 0 Å². The molecule has 0 saturated heterocycles. The zero-order chi connectivity index (χ0) is 16.7. The highest BCUT2D eigenvalue weighted by atomic mass is 16.2. The van der Waals surface area contributed by atoms with E-state index in [0.29, 0.717) is 23.4 Å². The average Bonchev–Trinajstić information content (AvgIpc) is 2.60. The van der Waals surface area contributed by atoms with E-state index in [1.807, 2.05) is 43.0 Å². The third-order valence-corrected chi connectivity index (χ3v) is 3.74. The summed E-state index contributed by atoms with van der Waals surface area (Å²) in [5, 5.41) is 2.86. The van der Waals surface area contributed by atoms with Crippen LogP contribution in [0.4, 0.5) is 5.69 Å². The summed E-state index contributed by atoms with van der Waals surface area (Å²) in [6.07, 6.45) is 0. The van der Waals surface area contributed by atoms with Gasteiger partial charge in [-0.05, 0) is 25.2 Å². The molecule has 1 N–H and O–H groups in total. The van der Waals surface area contributed by atoms with Crippen molar-refractivity contribution in [1.82, 2.24) is 4.90 Å². The van der Waals surface area contributed by atoms with Gasteiger partial charge in [0.2, 0.25) is 5.91 Å². The lowest BCUT2D eigenvalue weighted by molar-refractivity contribution is -0.117. The van der Waals surface area contributed by atoms with Gasteiger partial charge in [0.1, 0.15) is 0 Å². The first-order valence-corrected chi connectivity index (χ1v) is 7.86. The second-order valence-corrected chi connectivity index (χ2v) is 5.25. The summed E-state index contributed by atoms with van der Waals surface area (Å²) in [6, 6.07) is 16.2. The molecule has 0 heterocycles. The molecule has 0 aliphatic heterocycles. The number of hydrogen-bond donors (Lipinski definition) is 1. The maximum atomic E-state index is 12.6. The van der Waals surface area contributed by atoms with Crippen LogP contribution >= 0.6 is 0 Å². The van der Waals surface area contributed by atoms with Crippen LogP contribution in [0.2, 0.25) is 0 Å². The van der Waals surface area contributed by atoms with Gasteiger partial charge >= 0.3 is 0 Å². The van der Waals surface area contributed by atoms with Crippen LogP contribution in [-0.2, 0) is 4.79 Å². The molecular weight excluding hydrogens is 288 g/mol. The lowest BCUT2D eigenvalue weighted by Gasteiger charge is -2.18. The Balaban J connectivity index is 2.18. The Kier molecular flexibility index (Phi) is 6.06. The molecule has 4 nitrogen and oxygen atoms in total. The molecule has 0 fully saturated rings. The standard InChI is InChI=1S/C19H22N2O2/c1-3-21(4-2)14-18(22)20-17-13-9-8-12-16(17)19(23)15-10-6-5-7-11-15/h5-13H,3-4,14H2,1-2H3,(H,20,22). The molecular formula is C19H22N2O2. The van der Waals surface area contributed by atoms with Crippen molar-refractivity contribution in [2.24, 2.45) is 0 Å². The maximum absolute atomic E-state index is 12.6. The number of para-hydroxylation sites is 1. The minimum absolute atomic E-state index is 0.0932. The molecule has 0 aliphatic carbocycles.